The zero-order valence-corrected chi connectivity index (χ0v) is 15.5. The maximum absolute atomic E-state index is 4.40. The minimum absolute atomic E-state index is 0.814. The number of hydrogen-bond acceptors (Lipinski definition) is 0. The lowest BCUT2D eigenvalue weighted by atomic mass is 10.0. The van der Waals surface area contributed by atoms with Gasteiger partial charge in [0.25, 0.3) is 0 Å². The second-order valence-corrected chi connectivity index (χ2v) is 8.41. The van der Waals surface area contributed by atoms with Crippen LogP contribution in [0.25, 0.3) is 0 Å². The Balaban J connectivity index is 1.45. The summed E-state index contributed by atoms with van der Waals surface area (Å²) in [5.41, 5.74) is 5.21. The van der Waals surface area contributed by atoms with Gasteiger partial charge in [-0.05, 0) is 42.2 Å². The molecule has 0 amide bonds. The second kappa shape index (κ2) is 8.54. The standard InChI is InChI=1S/C23H38/c1-3-4-5-6-9-12-15-19-18(2)22(19)23-20-16-13-10-7-8-11-14-17-21(20)23/h19-21H,2-17H2,1H3. The van der Waals surface area contributed by atoms with E-state index < -0.39 is 0 Å². The van der Waals surface area contributed by atoms with Gasteiger partial charge in [-0.3, -0.25) is 0 Å². The van der Waals surface area contributed by atoms with Gasteiger partial charge >= 0.3 is 0 Å². The number of allylic oxidation sites excluding steroid dienone is 3. The van der Waals surface area contributed by atoms with Crippen LogP contribution in [0.5, 0.6) is 0 Å². The summed E-state index contributed by atoms with van der Waals surface area (Å²) in [5, 5.41) is 0. The highest BCUT2D eigenvalue weighted by atomic mass is 14.5. The Morgan fingerprint density at radius 1 is 0.783 bits per heavy atom. The van der Waals surface area contributed by atoms with E-state index in [1.807, 2.05) is 5.57 Å². The van der Waals surface area contributed by atoms with Crippen molar-refractivity contribution in [1.82, 2.24) is 0 Å². The highest BCUT2D eigenvalue weighted by Crippen LogP contribution is 2.63. The summed E-state index contributed by atoms with van der Waals surface area (Å²) >= 11 is 0. The molecular formula is C23H38. The molecule has 3 aliphatic carbocycles. The van der Waals surface area contributed by atoms with E-state index in [0.717, 1.165) is 17.8 Å². The average Bonchev–Trinajstić information content (AvgIpc) is 3.42. The molecule has 0 aromatic heterocycles. The number of rotatable bonds is 7. The van der Waals surface area contributed by atoms with Gasteiger partial charge in [0, 0.05) is 5.92 Å². The lowest BCUT2D eigenvalue weighted by molar-refractivity contribution is 0.489. The van der Waals surface area contributed by atoms with Crippen LogP contribution in [-0.4, -0.2) is 0 Å². The highest BCUT2D eigenvalue weighted by molar-refractivity contribution is 5.61. The molecule has 0 heterocycles. The van der Waals surface area contributed by atoms with Crippen molar-refractivity contribution in [1.29, 1.82) is 0 Å². The first kappa shape index (κ1) is 17.3. The van der Waals surface area contributed by atoms with Crippen molar-refractivity contribution in [2.24, 2.45) is 17.8 Å². The Hall–Kier alpha value is -0.520. The van der Waals surface area contributed by atoms with Gasteiger partial charge in [-0.2, -0.15) is 0 Å². The zero-order chi connectivity index (χ0) is 16.1. The molecule has 23 heavy (non-hydrogen) atoms. The van der Waals surface area contributed by atoms with Crippen LogP contribution < -0.4 is 0 Å². The quantitative estimate of drug-likeness (QED) is 0.424. The van der Waals surface area contributed by atoms with Gasteiger partial charge in [0.1, 0.15) is 0 Å². The van der Waals surface area contributed by atoms with Gasteiger partial charge in [0.05, 0.1) is 0 Å². The number of hydrogen-bond donors (Lipinski definition) is 0. The van der Waals surface area contributed by atoms with Crippen LogP contribution in [0.4, 0.5) is 0 Å². The molecule has 0 N–H and O–H groups in total. The highest BCUT2D eigenvalue weighted by Gasteiger charge is 2.51. The van der Waals surface area contributed by atoms with Gasteiger partial charge < -0.3 is 0 Å². The third-order valence-corrected chi connectivity index (χ3v) is 6.64. The minimum Gasteiger partial charge on any atom is -0.0949 e. The molecule has 0 radical (unpaired) electrons. The predicted molar refractivity (Wildman–Crippen MR) is 102 cm³/mol. The van der Waals surface area contributed by atoms with Gasteiger partial charge in [-0.1, -0.05) is 96.1 Å². The van der Waals surface area contributed by atoms with Crippen LogP contribution in [0.1, 0.15) is 103 Å². The van der Waals surface area contributed by atoms with Crippen LogP contribution in [0.3, 0.4) is 0 Å². The Kier molecular flexibility index (Phi) is 6.43. The normalized spacial score (nSPS) is 31.0. The largest absolute Gasteiger partial charge is 0.0949 e. The van der Waals surface area contributed by atoms with Crippen molar-refractivity contribution >= 4 is 0 Å². The maximum Gasteiger partial charge on any atom is 0.00889 e. The molecule has 0 nitrogen and oxygen atoms in total. The van der Waals surface area contributed by atoms with Crippen molar-refractivity contribution in [2.45, 2.75) is 103 Å². The summed E-state index contributed by atoms with van der Waals surface area (Å²) in [6.45, 7) is 6.70. The van der Waals surface area contributed by atoms with E-state index in [0.29, 0.717) is 0 Å². The fourth-order valence-corrected chi connectivity index (χ4v) is 5.08. The zero-order valence-electron chi connectivity index (χ0n) is 15.5. The molecule has 0 bridgehead atoms. The smallest absolute Gasteiger partial charge is 0.00889 e. The number of fused-ring (bicyclic) bond motifs is 1. The topological polar surface area (TPSA) is 0 Å². The van der Waals surface area contributed by atoms with E-state index in [9.17, 15) is 0 Å². The summed E-state index contributed by atoms with van der Waals surface area (Å²) in [5.74, 6) is 2.78. The third-order valence-electron chi connectivity index (χ3n) is 6.64. The Morgan fingerprint density at radius 3 is 2.00 bits per heavy atom. The van der Waals surface area contributed by atoms with Gasteiger partial charge in [-0.15, -0.1) is 0 Å². The molecule has 3 rings (SSSR count). The predicted octanol–water partition coefficient (Wildman–Crippen LogP) is 7.60. The average molecular weight is 315 g/mol. The van der Waals surface area contributed by atoms with E-state index >= 15 is 0 Å². The third kappa shape index (κ3) is 4.52. The van der Waals surface area contributed by atoms with Crippen molar-refractivity contribution in [3.05, 3.63) is 23.3 Å². The molecule has 0 aromatic rings. The first-order valence-electron chi connectivity index (χ1n) is 10.8. The minimum atomic E-state index is 0.814. The SMILES string of the molecule is C=C1C(=C2C3CCCCCCCCC23)C1CCCCCCCC. The fraction of sp³-hybridized carbons (Fsp3) is 0.826. The molecule has 0 aromatic carbocycles. The molecule has 0 aliphatic heterocycles. The Morgan fingerprint density at radius 2 is 1.35 bits per heavy atom. The van der Waals surface area contributed by atoms with Gasteiger partial charge in [0.15, 0.2) is 0 Å². The molecule has 3 fully saturated rings. The van der Waals surface area contributed by atoms with Crippen molar-refractivity contribution < 1.29 is 0 Å². The summed E-state index contributed by atoms with van der Waals surface area (Å²) < 4.78 is 0. The molecular weight excluding hydrogens is 276 g/mol. The molecule has 3 aliphatic rings. The van der Waals surface area contributed by atoms with Gasteiger partial charge in [0.2, 0.25) is 0 Å². The molecule has 0 saturated heterocycles. The summed E-state index contributed by atoms with van der Waals surface area (Å²) in [7, 11) is 0. The number of unbranched alkanes of at least 4 members (excludes halogenated alkanes) is 5. The molecule has 0 spiro atoms. The van der Waals surface area contributed by atoms with E-state index in [1.165, 1.54) is 102 Å². The molecule has 0 heteroatoms. The second-order valence-electron chi connectivity index (χ2n) is 8.41. The Labute approximate surface area is 144 Å². The summed E-state index contributed by atoms with van der Waals surface area (Å²) in [6, 6.07) is 0. The maximum atomic E-state index is 4.40. The van der Waals surface area contributed by atoms with Crippen LogP contribution in [0, 0.1) is 17.8 Å². The van der Waals surface area contributed by atoms with Crippen LogP contribution in [0.15, 0.2) is 23.3 Å². The fourth-order valence-electron chi connectivity index (χ4n) is 5.08. The van der Waals surface area contributed by atoms with Crippen molar-refractivity contribution in [3.8, 4) is 0 Å². The van der Waals surface area contributed by atoms with Crippen LogP contribution >= 0.6 is 0 Å². The van der Waals surface area contributed by atoms with Crippen LogP contribution in [0.2, 0.25) is 0 Å². The monoisotopic (exact) mass is 314 g/mol. The molecule has 3 unspecified atom stereocenters. The van der Waals surface area contributed by atoms with Crippen molar-refractivity contribution in [2.75, 3.05) is 0 Å². The van der Waals surface area contributed by atoms with E-state index in [-0.39, 0.29) is 0 Å². The summed E-state index contributed by atoms with van der Waals surface area (Å²) in [4.78, 5) is 0. The van der Waals surface area contributed by atoms with Crippen molar-refractivity contribution in [3.63, 3.8) is 0 Å². The van der Waals surface area contributed by atoms with E-state index in [2.05, 4.69) is 13.5 Å². The first-order chi connectivity index (χ1) is 11.3. The lowest BCUT2D eigenvalue weighted by Gasteiger charge is -2.04. The molecule has 3 saturated carbocycles. The molecule has 130 valence electrons. The van der Waals surface area contributed by atoms with Gasteiger partial charge in [-0.25, -0.2) is 0 Å². The van der Waals surface area contributed by atoms with E-state index in [1.54, 1.807) is 5.57 Å². The Bertz CT molecular complexity index is 409. The van der Waals surface area contributed by atoms with Crippen LogP contribution in [-0.2, 0) is 0 Å². The first-order valence-corrected chi connectivity index (χ1v) is 10.8. The molecule has 3 atom stereocenters. The van der Waals surface area contributed by atoms with E-state index in [4.69, 9.17) is 0 Å². The summed E-state index contributed by atoms with van der Waals surface area (Å²) in [6.07, 6.45) is 21.8. The lowest BCUT2D eigenvalue weighted by Crippen LogP contribution is -1.89.